The Morgan fingerprint density at radius 1 is 1.52 bits per heavy atom. The van der Waals surface area contributed by atoms with Gasteiger partial charge in [0.05, 0.1) is 17.9 Å². The van der Waals surface area contributed by atoms with E-state index in [1.807, 2.05) is 0 Å². The third-order valence-corrected chi connectivity index (χ3v) is 4.85. The third kappa shape index (κ3) is 2.96. The fourth-order valence-electron chi connectivity index (χ4n) is 2.56. The van der Waals surface area contributed by atoms with Crippen LogP contribution in [0.2, 0.25) is 0 Å². The zero-order chi connectivity index (χ0) is 15.6. The molecule has 0 spiro atoms. The summed E-state index contributed by atoms with van der Waals surface area (Å²) >= 11 is 1.21. The van der Waals surface area contributed by atoms with Crippen LogP contribution >= 0.6 is 11.3 Å². The van der Waals surface area contributed by atoms with Crippen LogP contribution in [-0.4, -0.2) is 45.7 Å². The number of thiophene rings is 1. The molecule has 0 radical (unpaired) electrons. The number of nitrogens with zero attached hydrogens (tertiary/aromatic N) is 1. The second kappa shape index (κ2) is 6.31. The number of methoxy groups -OCH3 is 1. The van der Waals surface area contributed by atoms with Gasteiger partial charge in [-0.3, -0.25) is 9.59 Å². The molecular formula is C13H20N4O3S. The summed E-state index contributed by atoms with van der Waals surface area (Å²) in [6.07, 6.45) is 0.971. The highest BCUT2D eigenvalue weighted by Gasteiger charge is 2.31. The standard InChI is InChI=1S/C13H20N4O3S/c1-16-12(19)10-9(14)8(11(15)18)13(21-10)17-4-3-7(5-17)6-20-2/h7H,3-6,14H2,1-2H3,(H2,15,18)(H,16,19). The lowest BCUT2D eigenvalue weighted by molar-refractivity contribution is 0.0967. The van der Waals surface area contributed by atoms with Gasteiger partial charge in [0.2, 0.25) is 0 Å². The largest absolute Gasteiger partial charge is 0.397 e. The maximum Gasteiger partial charge on any atom is 0.263 e. The second-order valence-corrected chi connectivity index (χ2v) is 6.02. The van der Waals surface area contributed by atoms with Crippen molar-refractivity contribution in [2.24, 2.45) is 11.7 Å². The van der Waals surface area contributed by atoms with Crippen molar-refractivity contribution >= 4 is 33.8 Å². The summed E-state index contributed by atoms with van der Waals surface area (Å²) in [4.78, 5) is 25.9. The molecule has 1 aromatic rings. The molecule has 2 heterocycles. The SMILES string of the molecule is CNC(=O)c1sc(N2CCC(COC)C2)c(C(N)=O)c1N. The average Bonchev–Trinajstić information content (AvgIpc) is 3.02. The molecule has 5 N–H and O–H groups in total. The van der Waals surface area contributed by atoms with Gasteiger partial charge in [-0.15, -0.1) is 11.3 Å². The number of nitrogens with one attached hydrogen (secondary N) is 1. The van der Waals surface area contributed by atoms with E-state index in [0.29, 0.717) is 22.4 Å². The maximum absolute atomic E-state index is 11.8. The van der Waals surface area contributed by atoms with E-state index in [2.05, 4.69) is 10.2 Å². The lowest BCUT2D eigenvalue weighted by Gasteiger charge is -2.17. The predicted molar refractivity (Wildman–Crippen MR) is 82.8 cm³/mol. The molecule has 0 aromatic carbocycles. The Morgan fingerprint density at radius 3 is 2.81 bits per heavy atom. The van der Waals surface area contributed by atoms with E-state index in [-0.39, 0.29) is 17.2 Å². The number of carbonyl (C=O) groups is 2. The highest BCUT2D eigenvalue weighted by atomic mass is 32.1. The Balaban J connectivity index is 2.35. The molecule has 116 valence electrons. The van der Waals surface area contributed by atoms with Crippen molar-refractivity contribution in [3.8, 4) is 0 Å². The van der Waals surface area contributed by atoms with Crippen LogP contribution in [0.1, 0.15) is 26.5 Å². The van der Waals surface area contributed by atoms with Crippen LogP contribution in [-0.2, 0) is 4.74 Å². The van der Waals surface area contributed by atoms with E-state index >= 15 is 0 Å². The number of rotatable bonds is 5. The van der Waals surface area contributed by atoms with E-state index in [1.165, 1.54) is 18.4 Å². The molecule has 1 aliphatic rings. The highest BCUT2D eigenvalue weighted by molar-refractivity contribution is 7.19. The fraction of sp³-hybridized carbons (Fsp3) is 0.538. The van der Waals surface area contributed by atoms with Crippen molar-refractivity contribution in [3.63, 3.8) is 0 Å². The molecule has 7 nitrogen and oxygen atoms in total. The number of hydrogen-bond donors (Lipinski definition) is 3. The van der Waals surface area contributed by atoms with Gasteiger partial charge in [-0.25, -0.2) is 0 Å². The van der Waals surface area contributed by atoms with Crippen molar-refractivity contribution < 1.29 is 14.3 Å². The Morgan fingerprint density at radius 2 is 2.24 bits per heavy atom. The number of anilines is 2. The first-order chi connectivity index (χ1) is 9.99. The molecule has 1 saturated heterocycles. The number of ether oxygens (including phenoxy) is 1. The number of nitrogens with two attached hydrogens (primary N) is 2. The lowest BCUT2D eigenvalue weighted by Crippen LogP contribution is -2.24. The summed E-state index contributed by atoms with van der Waals surface area (Å²) < 4.78 is 5.17. The van der Waals surface area contributed by atoms with E-state index in [4.69, 9.17) is 16.2 Å². The summed E-state index contributed by atoms with van der Waals surface area (Å²) in [6, 6.07) is 0. The molecule has 1 aliphatic heterocycles. The van der Waals surface area contributed by atoms with E-state index < -0.39 is 5.91 Å². The second-order valence-electron chi connectivity index (χ2n) is 5.02. The van der Waals surface area contributed by atoms with Gasteiger partial charge in [0, 0.05) is 33.2 Å². The van der Waals surface area contributed by atoms with E-state index in [9.17, 15) is 9.59 Å². The van der Waals surface area contributed by atoms with Crippen molar-refractivity contribution in [2.45, 2.75) is 6.42 Å². The van der Waals surface area contributed by atoms with Gasteiger partial charge in [0.25, 0.3) is 11.8 Å². The average molecular weight is 312 g/mol. The molecule has 21 heavy (non-hydrogen) atoms. The van der Waals surface area contributed by atoms with Gasteiger partial charge >= 0.3 is 0 Å². The normalized spacial score (nSPS) is 18.0. The molecular weight excluding hydrogens is 292 g/mol. The minimum Gasteiger partial charge on any atom is -0.397 e. The summed E-state index contributed by atoms with van der Waals surface area (Å²) in [6.45, 7) is 2.23. The maximum atomic E-state index is 11.8. The number of nitrogen functional groups attached to an aromatic ring is 1. The smallest absolute Gasteiger partial charge is 0.263 e. The molecule has 2 amide bonds. The number of amides is 2. The van der Waals surface area contributed by atoms with Crippen LogP contribution in [0.3, 0.4) is 0 Å². The van der Waals surface area contributed by atoms with Crippen LogP contribution in [0.4, 0.5) is 10.7 Å². The highest BCUT2D eigenvalue weighted by Crippen LogP contribution is 2.40. The van der Waals surface area contributed by atoms with Crippen LogP contribution in [0.5, 0.6) is 0 Å². The van der Waals surface area contributed by atoms with Gasteiger partial charge < -0.3 is 26.4 Å². The zero-order valence-corrected chi connectivity index (χ0v) is 13.0. The molecule has 1 fully saturated rings. The van der Waals surface area contributed by atoms with E-state index in [1.54, 1.807) is 7.11 Å². The van der Waals surface area contributed by atoms with Gasteiger partial charge in [0.15, 0.2) is 0 Å². The summed E-state index contributed by atoms with van der Waals surface area (Å²) in [5, 5.41) is 3.20. The van der Waals surface area contributed by atoms with Crippen molar-refractivity contribution in [1.82, 2.24) is 5.32 Å². The fourth-order valence-corrected chi connectivity index (χ4v) is 3.77. The van der Waals surface area contributed by atoms with Gasteiger partial charge in [-0.05, 0) is 6.42 Å². The van der Waals surface area contributed by atoms with Crippen LogP contribution in [0.15, 0.2) is 0 Å². The number of primary amides is 1. The Hall–Kier alpha value is -1.80. The molecule has 0 aliphatic carbocycles. The Kier molecular flexibility index (Phi) is 4.69. The quantitative estimate of drug-likeness (QED) is 0.722. The van der Waals surface area contributed by atoms with Crippen molar-refractivity contribution in [3.05, 3.63) is 10.4 Å². The third-order valence-electron chi connectivity index (χ3n) is 3.58. The molecule has 1 aromatic heterocycles. The molecule has 1 atom stereocenters. The lowest BCUT2D eigenvalue weighted by atomic mass is 10.1. The Labute approximate surface area is 127 Å². The first-order valence-electron chi connectivity index (χ1n) is 6.67. The van der Waals surface area contributed by atoms with E-state index in [0.717, 1.165) is 19.5 Å². The monoisotopic (exact) mass is 312 g/mol. The molecule has 1 unspecified atom stereocenters. The molecule has 2 rings (SSSR count). The first kappa shape index (κ1) is 15.6. The predicted octanol–water partition coefficient (Wildman–Crippen LogP) is 0.262. The van der Waals surface area contributed by atoms with Gasteiger partial charge in [-0.1, -0.05) is 0 Å². The minimum atomic E-state index is -0.607. The zero-order valence-electron chi connectivity index (χ0n) is 12.1. The topological polar surface area (TPSA) is 111 Å². The summed E-state index contributed by atoms with van der Waals surface area (Å²) in [5.41, 5.74) is 11.8. The summed E-state index contributed by atoms with van der Waals surface area (Å²) in [7, 11) is 3.19. The number of hydrogen-bond acceptors (Lipinski definition) is 6. The Bertz CT molecular complexity index is 558. The molecule has 0 bridgehead atoms. The van der Waals surface area contributed by atoms with Gasteiger partial charge in [0.1, 0.15) is 9.88 Å². The molecule has 0 saturated carbocycles. The first-order valence-corrected chi connectivity index (χ1v) is 7.49. The minimum absolute atomic E-state index is 0.164. The number of carbonyl (C=O) groups excluding carboxylic acids is 2. The van der Waals surface area contributed by atoms with Crippen LogP contribution in [0.25, 0.3) is 0 Å². The van der Waals surface area contributed by atoms with Crippen molar-refractivity contribution in [2.75, 3.05) is 44.5 Å². The molecule has 8 heteroatoms. The summed E-state index contributed by atoms with van der Waals surface area (Å²) in [5.74, 6) is -0.509. The van der Waals surface area contributed by atoms with Gasteiger partial charge in [-0.2, -0.15) is 0 Å². The van der Waals surface area contributed by atoms with Crippen molar-refractivity contribution in [1.29, 1.82) is 0 Å². The van der Waals surface area contributed by atoms with Crippen LogP contribution < -0.4 is 21.7 Å². The van der Waals surface area contributed by atoms with Crippen LogP contribution in [0, 0.1) is 5.92 Å².